The molecule has 8 heteroatoms. The van der Waals surface area contributed by atoms with Crippen molar-refractivity contribution in [2.75, 3.05) is 47.1 Å². The van der Waals surface area contributed by atoms with Gasteiger partial charge in [0.25, 0.3) is 0 Å². The number of benzene rings is 3. The van der Waals surface area contributed by atoms with Gasteiger partial charge >= 0.3 is 0 Å². The summed E-state index contributed by atoms with van der Waals surface area (Å²) in [5, 5.41) is 1.15. The minimum absolute atomic E-state index is 0.0546. The van der Waals surface area contributed by atoms with Crippen molar-refractivity contribution in [1.82, 2.24) is 14.8 Å². The first-order valence-electron chi connectivity index (χ1n) is 13.4. The summed E-state index contributed by atoms with van der Waals surface area (Å²) in [6.07, 6.45) is 2.68. The first kappa shape index (κ1) is 28.9. The molecule has 0 aliphatic carbocycles. The number of fused-ring (bicyclic) bond motifs is 1. The Labute approximate surface area is 235 Å². The summed E-state index contributed by atoms with van der Waals surface area (Å²) in [6, 6.07) is 25.5. The molecule has 4 rings (SSSR count). The normalized spacial score (nSPS) is 10.9. The standard InChI is InChI=1S/C32H37N3O5/c1-38-19-18-35(32(37)24-40-23-26-8-4-3-5-9-26)22-31(36)34(21-25-12-14-28(39-2)15-13-25)17-16-27-20-33-30-11-7-6-10-29(27)30/h3-15,20,33H,16-19,21-24H2,1-2H3. The summed E-state index contributed by atoms with van der Waals surface area (Å²) in [5.41, 5.74) is 4.17. The maximum atomic E-state index is 13.7. The topological polar surface area (TPSA) is 84.1 Å². The molecular formula is C32H37N3O5. The number of nitrogens with zero attached hydrogens (tertiary/aromatic N) is 2. The lowest BCUT2D eigenvalue weighted by Gasteiger charge is -2.28. The minimum atomic E-state index is -0.248. The number of hydrogen-bond donors (Lipinski definition) is 1. The Balaban J connectivity index is 1.44. The summed E-state index contributed by atoms with van der Waals surface area (Å²) >= 11 is 0. The van der Waals surface area contributed by atoms with Crippen LogP contribution in [0.4, 0.5) is 0 Å². The van der Waals surface area contributed by atoms with Gasteiger partial charge in [0.05, 0.1) is 26.9 Å². The van der Waals surface area contributed by atoms with E-state index in [9.17, 15) is 9.59 Å². The lowest BCUT2D eigenvalue weighted by atomic mass is 10.1. The number of para-hydroxylation sites is 1. The molecule has 4 aromatic rings. The van der Waals surface area contributed by atoms with Crippen molar-refractivity contribution in [2.45, 2.75) is 19.6 Å². The van der Waals surface area contributed by atoms with Gasteiger partial charge in [-0.15, -0.1) is 0 Å². The van der Waals surface area contributed by atoms with Crippen LogP contribution in [0.15, 0.2) is 85.1 Å². The molecule has 0 atom stereocenters. The molecule has 8 nitrogen and oxygen atoms in total. The Kier molecular flexibility index (Phi) is 10.7. The minimum Gasteiger partial charge on any atom is -0.497 e. The first-order chi connectivity index (χ1) is 19.6. The number of H-pyrrole nitrogens is 1. The van der Waals surface area contributed by atoms with Crippen molar-refractivity contribution in [3.63, 3.8) is 0 Å². The second-order valence-corrected chi connectivity index (χ2v) is 9.56. The van der Waals surface area contributed by atoms with Gasteiger partial charge in [-0.05, 0) is 41.3 Å². The van der Waals surface area contributed by atoms with Gasteiger partial charge in [0.1, 0.15) is 12.4 Å². The van der Waals surface area contributed by atoms with E-state index in [0.717, 1.165) is 33.3 Å². The van der Waals surface area contributed by atoms with Crippen LogP contribution in [0.3, 0.4) is 0 Å². The maximum absolute atomic E-state index is 13.7. The molecule has 0 aliphatic heterocycles. The number of amides is 2. The second kappa shape index (κ2) is 14.9. The maximum Gasteiger partial charge on any atom is 0.249 e. The van der Waals surface area contributed by atoms with Crippen LogP contribution in [0.1, 0.15) is 16.7 Å². The van der Waals surface area contributed by atoms with E-state index in [1.54, 1.807) is 14.2 Å². The van der Waals surface area contributed by atoms with Gasteiger partial charge in [0.2, 0.25) is 11.8 Å². The second-order valence-electron chi connectivity index (χ2n) is 9.56. The predicted octanol–water partition coefficient (Wildman–Crippen LogP) is 4.44. The average molecular weight is 544 g/mol. The van der Waals surface area contributed by atoms with E-state index < -0.39 is 0 Å². The lowest BCUT2D eigenvalue weighted by molar-refractivity contribution is -0.144. The van der Waals surface area contributed by atoms with Crippen molar-refractivity contribution < 1.29 is 23.8 Å². The third-order valence-corrected chi connectivity index (χ3v) is 6.79. The Morgan fingerprint density at radius 2 is 1.55 bits per heavy atom. The smallest absolute Gasteiger partial charge is 0.249 e. The van der Waals surface area contributed by atoms with Crippen LogP contribution in [0, 0.1) is 0 Å². The molecule has 3 aromatic carbocycles. The summed E-state index contributed by atoms with van der Waals surface area (Å²) < 4.78 is 16.2. The van der Waals surface area contributed by atoms with Crippen LogP contribution in [0.5, 0.6) is 5.75 Å². The van der Waals surface area contributed by atoms with Crippen molar-refractivity contribution in [1.29, 1.82) is 0 Å². The van der Waals surface area contributed by atoms with Crippen LogP contribution in [0.2, 0.25) is 0 Å². The average Bonchev–Trinajstić information content (AvgIpc) is 3.41. The quantitative estimate of drug-likeness (QED) is 0.240. The fourth-order valence-electron chi connectivity index (χ4n) is 4.52. The largest absolute Gasteiger partial charge is 0.497 e. The van der Waals surface area contributed by atoms with Gasteiger partial charge in [0.15, 0.2) is 0 Å². The van der Waals surface area contributed by atoms with Gasteiger partial charge < -0.3 is 29.0 Å². The van der Waals surface area contributed by atoms with Crippen LogP contribution in [0.25, 0.3) is 10.9 Å². The Hall–Kier alpha value is -4.14. The highest BCUT2D eigenvalue weighted by molar-refractivity contribution is 5.86. The molecule has 0 spiro atoms. The molecule has 40 heavy (non-hydrogen) atoms. The SMILES string of the molecule is COCCN(CC(=O)N(CCc1c[nH]c2ccccc12)Cc1ccc(OC)cc1)C(=O)COCc1ccccc1. The molecule has 0 saturated carbocycles. The van der Waals surface area contributed by atoms with E-state index in [0.29, 0.717) is 39.3 Å². The molecular weight excluding hydrogens is 506 g/mol. The first-order valence-corrected chi connectivity index (χ1v) is 13.4. The van der Waals surface area contributed by atoms with Crippen LogP contribution in [-0.2, 0) is 38.6 Å². The Morgan fingerprint density at radius 1 is 0.800 bits per heavy atom. The number of carbonyl (C=O) groups is 2. The lowest BCUT2D eigenvalue weighted by Crippen LogP contribution is -2.45. The molecule has 1 heterocycles. The van der Waals surface area contributed by atoms with E-state index in [1.807, 2.05) is 83.9 Å². The van der Waals surface area contributed by atoms with Crippen molar-refractivity contribution in [3.05, 3.63) is 102 Å². The highest BCUT2D eigenvalue weighted by Crippen LogP contribution is 2.19. The monoisotopic (exact) mass is 543 g/mol. The summed E-state index contributed by atoms with van der Waals surface area (Å²) in [4.78, 5) is 33.4. The summed E-state index contributed by atoms with van der Waals surface area (Å²) in [6.45, 7) is 1.71. The number of methoxy groups -OCH3 is 2. The number of aromatic nitrogens is 1. The van der Waals surface area contributed by atoms with Crippen LogP contribution >= 0.6 is 0 Å². The number of nitrogens with one attached hydrogen (secondary N) is 1. The van der Waals surface area contributed by atoms with Crippen LogP contribution < -0.4 is 4.74 Å². The molecule has 2 amide bonds. The van der Waals surface area contributed by atoms with E-state index in [-0.39, 0.29) is 25.0 Å². The van der Waals surface area contributed by atoms with E-state index in [1.165, 1.54) is 4.90 Å². The van der Waals surface area contributed by atoms with E-state index >= 15 is 0 Å². The van der Waals surface area contributed by atoms with Gasteiger partial charge in [-0.25, -0.2) is 0 Å². The highest BCUT2D eigenvalue weighted by atomic mass is 16.5. The van der Waals surface area contributed by atoms with Gasteiger partial charge in [0, 0.05) is 43.8 Å². The molecule has 0 radical (unpaired) electrons. The molecule has 210 valence electrons. The third-order valence-electron chi connectivity index (χ3n) is 6.79. The Bertz CT molecular complexity index is 1350. The molecule has 1 N–H and O–H groups in total. The van der Waals surface area contributed by atoms with Crippen molar-refractivity contribution in [3.8, 4) is 5.75 Å². The number of carbonyl (C=O) groups excluding carboxylic acids is 2. The number of aromatic amines is 1. The van der Waals surface area contributed by atoms with Crippen LogP contribution in [-0.4, -0.2) is 73.7 Å². The predicted molar refractivity (Wildman–Crippen MR) is 155 cm³/mol. The Morgan fingerprint density at radius 3 is 2.30 bits per heavy atom. The molecule has 0 fully saturated rings. The fraction of sp³-hybridized carbons (Fsp3) is 0.312. The third kappa shape index (κ3) is 8.18. The highest BCUT2D eigenvalue weighted by Gasteiger charge is 2.22. The van der Waals surface area contributed by atoms with Crippen molar-refractivity contribution >= 4 is 22.7 Å². The van der Waals surface area contributed by atoms with Gasteiger partial charge in [-0.3, -0.25) is 9.59 Å². The van der Waals surface area contributed by atoms with Crippen molar-refractivity contribution in [2.24, 2.45) is 0 Å². The molecule has 0 unspecified atom stereocenters. The molecule has 0 aliphatic rings. The summed E-state index contributed by atoms with van der Waals surface area (Å²) in [5.74, 6) is 0.373. The van der Waals surface area contributed by atoms with Gasteiger partial charge in [-0.2, -0.15) is 0 Å². The zero-order valence-corrected chi connectivity index (χ0v) is 23.2. The number of ether oxygens (including phenoxy) is 3. The molecule has 0 bridgehead atoms. The fourth-order valence-corrected chi connectivity index (χ4v) is 4.52. The zero-order chi connectivity index (χ0) is 28.2. The molecule has 0 saturated heterocycles. The number of rotatable bonds is 15. The van der Waals surface area contributed by atoms with E-state index in [4.69, 9.17) is 14.2 Å². The molecule has 1 aromatic heterocycles. The zero-order valence-electron chi connectivity index (χ0n) is 23.2. The van der Waals surface area contributed by atoms with Gasteiger partial charge in [-0.1, -0.05) is 60.7 Å². The van der Waals surface area contributed by atoms with E-state index in [2.05, 4.69) is 11.1 Å². The summed E-state index contributed by atoms with van der Waals surface area (Å²) in [7, 11) is 3.20. The number of hydrogen-bond acceptors (Lipinski definition) is 5.